The van der Waals surface area contributed by atoms with Crippen molar-refractivity contribution in [2.24, 2.45) is 0 Å². The third kappa shape index (κ3) is 6.63. The number of carbonyl (C=O) groups excluding carboxylic acids is 1. The van der Waals surface area contributed by atoms with E-state index < -0.39 is 0 Å². The second-order valence-electron chi connectivity index (χ2n) is 7.72. The minimum Gasteiger partial charge on any atom is -0.371 e. The minimum absolute atomic E-state index is 0.308. The lowest BCUT2D eigenvalue weighted by Gasteiger charge is -2.35. The summed E-state index contributed by atoms with van der Waals surface area (Å²) in [5.41, 5.74) is 2.00. The first kappa shape index (κ1) is 20.7. The summed E-state index contributed by atoms with van der Waals surface area (Å²) >= 11 is 0. The Hall–Kier alpha value is -1.57. The predicted molar refractivity (Wildman–Crippen MR) is 113 cm³/mol. The summed E-state index contributed by atoms with van der Waals surface area (Å²) in [6.07, 6.45) is 19.6. The highest BCUT2D eigenvalue weighted by Crippen LogP contribution is 2.31. The van der Waals surface area contributed by atoms with Crippen LogP contribution >= 0.6 is 0 Å². The maximum absolute atomic E-state index is 12.3. The van der Waals surface area contributed by atoms with Gasteiger partial charge in [-0.25, -0.2) is 0 Å². The number of carbonyl (C=O) groups is 1. The molecule has 1 atom stereocenters. The maximum atomic E-state index is 12.3. The van der Waals surface area contributed by atoms with Crippen LogP contribution in [0.2, 0.25) is 0 Å². The van der Waals surface area contributed by atoms with E-state index in [0.29, 0.717) is 18.2 Å². The number of anilines is 1. The van der Waals surface area contributed by atoms with Gasteiger partial charge in [0, 0.05) is 30.8 Å². The summed E-state index contributed by atoms with van der Waals surface area (Å²) < 4.78 is 0. The van der Waals surface area contributed by atoms with Gasteiger partial charge in [0.05, 0.1) is 0 Å². The van der Waals surface area contributed by atoms with E-state index in [1.807, 2.05) is 18.2 Å². The molecule has 0 saturated carbocycles. The lowest BCUT2D eigenvalue weighted by molar-refractivity contribution is 0.0965. The van der Waals surface area contributed by atoms with E-state index in [-0.39, 0.29) is 0 Å². The molecule has 2 heteroatoms. The molecule has 0 fully saturated rings. The molecule has 0 amide bonds. The molecule has 0 saturated heterocycles. The molecule has 1 aromatic carbocycles. The Bertz CT molecular complexity index is 563. The van der Waals surface area contributed by atoms with Crippen LogP contribution in [0.3, 0.4) is 0 Å². The molecule has 0 N–H and O–H groups in total. The molecule has 1 heterocycles. The molecule has 2 nitrogen and oxygen atoms in total. The van der Waals surface area contributed by atoms with Crippen LogP contribution in [0.5, 0.6) is 0 Å². The molecule has 0 aromatic heterocycles. The van der Waals surface area contributed by atoms with Crippen LogP contribution in [0, 0.1) is 0 Å². The molecule has 1 aliphatic rings. The number of ketones is 1. The Kier molecular flexibility index (Phi) is 9.52. The molecule has 1 aromatic rings. The van der Waals surface area contributed by atoms with Crippen molar-refractivity contribution in [3.05, 3.63) is 42.0 Å². The van der Waals surface area contributed by atoms with Gasteiger partial charge in [-0.05, 0) is 44.2 Å². The summed E-state index contributed by atoms with van der Waals surface area (Å²) in [7, 11) is 2.14. The number of para-hydroxylation sites is 1. The summed E-state index contributed by atoms with van der Waals surface area (Å²) in [6.45, 7) is 2.27. The Morgan fingerprint density at radius 3 is 2.38 bits per heavy atom. The van der Waals surface area contributed by atoms with Crippen molar-refractivity contribution in [2.45, 2.75) is 90.0 Å². The second kappa shape index (κ2) is 11.9. The normalized spacial score (nSPS) is 17.1. The highest BCUT2D eigenvalue weighted by atomic mass is 16.1. The summed E-state index contributed by atoms with van der Waals surface area (Å²) in [4.78, 5) is 14.6. The molecule has 0 aliphatic carbocycles. The number of hydrogen-bond donors (Lipinski definition) is 0. The summed E-state index contributed by atoms with van der Waals surface area (Å²) in [5, 5.41) is 0. The van der Waals surface area contributed by atoms with E-state index in [4.69, 9.17) is 0 Å². The third-order valence-electron chi connectivity index (χ3n) is 5.60. The number of fused-ring (bicyclic) bond motifs is 1. The number of allylic oxidation sites excluding steroid dienone is 2. The van der Waals surface area contributed by atoms with Gasteiger partial charge >= 0.3 is 0 Å². The van der Waals surface area contributed by atoms with Crippen molar-refractivity contribution in [1.82, 2.24) is 0 Å². The van der Waals surface area contributed by atoms with E-state index >= 15 is 0 Å². The van der Waals surface area contributed by atoms with Crippen LogP contribution in [-0.4, -0.2) is 18.9 Å². The van der Waals surface area contributed by atoms with Gasteiger partial charge in [-0.3, -0.25) is 4.79 Å². The van der Waals surface area contributed by atoms with Gasteiger partial charge in [-0.1, -0.05) is 69.7 Å². The standard InChI is InChI=1S/C24H37NO/c1-3-4-5-6-7-8-9-10-11-12-13-14-17-21-20-24(26)22-18-15-16-19-23(22)25(21)2/h10-11,15-16,18-19,21H,3-9,12-14,17,20H2,1-2H3/b11-10-. The van der Waals surface area contributed by atoms with E-state index in [9.17, 15) is 4.79 Å². The lowest BCUT2D eigenvalue weighted by Crippen LogP contribution is -2.38. The van der Waals surface area contributed by atoms with Crippen LogP contribution in [0.15, 0.2) is 36.4 Å². The van der Waals surface area contributed by atoms with E-state index in [0.717, 1.165) is 17.7 Å². The zero-order chi connectivity index (χ0) is 18.6. The van der Waals surface area contributed by atoms with Gasteiger partial charge in [-0.15, -0.1) is 0 Å². The SMILES string of the molecule is CCCCCCCC/C=C\CCCCC1CC(=O)c2ccccc2N1C. The van der Waals surface area contributed by atoms with Crippen LogP contribution < -0.4 is 4.90 Å². The average molecular weight is 356 g/mol. The number of unbranched alkanes of at least 4 members (excludes halogenated alkanes) is 8. The van der Waals surface area contributed by atoms with Gasteiger partial charge in [-0.2, -0.15) is 0 Å². The van der Waals surface area contributed by atoms with Gasteiger partial charge in [0.1, 0.15) is 0 Å². The highest BCUT2D eigenvalue weighted by Gasteiger charge is 2.28. The first-order valence-corrected chi connectivity index (χ1v) is 10.7. The monoisotopic (exact) mass is 355 g/mol. The molecule has 0 spiro atoms. The Morgan fingerprint density at radius 2 is 1.62 bits per heavy atom. The second-order valence-corrected chi connectivity index (χ2v) is 7.72. The van der Waals surface area contributed by atoms with Crippen molar-refractivity contribution in [2.75, 3.05) is 11.9 Å². The van der Waals surface area contributed by atoms with E-state index in [1.54, 1.807) is 0 Å². The lowest BCUT2D eigenvalue weighted by atomic mass is 9.92. The van der Waals surface area contributed by atoms with Crippen LogP contribution in [0.25, 0.3) is 0 Å². The zero-order valence-electron chi connectivity index (χ0n) is 16.9. The maximum Gasteiger partial charge on any atom is 0.167 e. The number of rotatable bonds is 12. The molecule has 26 heavy (non-hydrogen) atoms. The first-order chi connectivity index (χ1) is 12.7. The summed E-state index contributed by atoms with van der Waals surface area (Å²) in [5.74, 6) is 0.308. The Morgan fingerprint density at radius 1 is 0.962 bits per heavy atom. The van der Waals surface area contributed by atoms with Gasteiger partial charge in [0.2, 0.25) is 0 Å². The first-order valence-electron chi connectivity index (χ1n) is 10.7. The smallest absolute Gasteiger partial charge is 0.167 e. The van der Waals surface area contributed by atoms with Crippen LogP contribution in [0.4, 0.5) is 5.69 Å². The van der Waals surface area contributed by atoms with Crippen molar-refractivity contribution in [3.8, 4) is 0 Å². The Balaban J connectivity index is 1.56. The van der Waals surface area contributed by atoms with Gasteiger partial charge < -0.3 is 4.90 Å². The number of benzene rings is 1. The molecular weight excluding hydrogens is 318 g/mol. The number of nitrogens with zero attached hydrogens (tertiary/aromatic N) is 1. The molecule has 1 aliphatic heterocycles. The quantitative estimate of drug-likeness (QED) is 0.299. The summed E-state index contributed by atoms with van der Waals surface area (Å²) in [6, 6.07) is 8.38. The molecule has 2 rings (SSSR count). The number of Topliss-reactive ketones (excluding diaryl/α,β-unsaturated/α-hetero) is 1. The van der Waals surface area contributed by atoms with Crippen molar-refractivity contribution < 1.29 is 4.79 Å². The van der Waals surface area contributed by atoms with Gasteiger partial charge in [0.25, 0.3) is 0 Å². The fourth-order valence-corrected chi connectivity index (χ4v) is 3.89. The molecule has 0 radical (unpaired) electrons. The molecular formula is C24H37NO. The Labute approximate surface area is 160 Å². The van der Waals surface area contributed by atoms with Crippen molar-refractivity contribution in [1.29, 1.82) is 0 Å². The number of hydrogen-bond acceptors (Lipinski definition) is 2. The predicted octanol–water partition coefficient (Wildman–Crippen LogP) is 6.95. The van der Waals surface area contributed by atoms with Crippen molar-refractivity contribution in [3.63, 3.8) is 0 Å². The zero-order valence-corrected chi connectivity index (χ0v) is 16.9. The topological polar surface area (TPSA) is 20.3 Å². The van der Waals surface area contributed by atoms with E-state index in [1.165, 1.54) is 64.2 Å². The largest absolute Gasteiger partial charge is 0.371 e. The van der Waals surface area contributed by atoms with Gasteiger partial charge in [0.15, 0.2) is 5.78 Å². The van der Waals surface area contributed by atoms with Crippen LogP contribution in [0.1, 0.15) is 94.3 Å². The molecule has 144 valence electrons. The fourth-order valence-electron chi connectivity index (χ4n) is 3.89. The average Bonchev–Trinajstić information content (AvgIpc) is 2.66. The fraction of sp³-hybridized carbons (Fsp3) is 0.625. The third-order valence-corrected chi connectivity index (χ3v) is 5.60. The molecule has 1 unspecified atom stereocenters. The van der Waals surface area contributed by atoms with Crippen molar-refractivity contribution >= 4 is 11.5 Å². The minimum atomic E-state index is 0.308. The highest BCUT2D eigenvalue weighted by molar-refractivity contribution is 6.03. The molecule has 0 bridgehead atoms. The van der Waals surface area contributed by atoms with Crippen LogP contribution in [-0.2, 0) is 0 Å². The van der Waals surface area contributed by atoms with E-state index in [2.05, 4.69) is 37.1 Å².